The summed E-state index contributed by atoms with van der Waals surface area (Å²) in [6.45, 7) is 1.73. The van der Waals surface area contributed by atoms with Gasteiger partial charge in [-0.3, -0.25) is 14.5 Å². The van der Waals surface area contributed by atoms with E-state index >= 15 is 0 Å². The number of carbonyl (C=O) groups is 1. The number of carbonyl (C=O) groups excluding carboxylic acids is 1. The lowest BCUT2D eigenvalue weighted by atomic mass is 9.96. The van der Waals surface area contributed by atoms with Crippen molar-refractivity contribution >= 4 is 16.8 Å². The van der Waals surface area contributed by atoms with E-state index in [-0.39, 0.29) is 5.91 Å². The van der Waals surface area contributed by atoms with Gasteiger partial charge in [-0.15, -0.1) is 0 Å². The topological polar surface area (TPSA) is 51.0 Å². The van der Waals surface area contributed by atoms with Crippen molar-refractivity contribution in [3.63, 3.8) is 0 Å². The smallest absolute Gasteiger partial charge is 0.222 e. The highest BCUT2D eigenvalue weighted by molar-refractivity contribution is 5.82. The summed E-state index contributed by atoms with van der Waals surface area (Å²) in [6.07, 6.45) is 7.08. The number of hydrogen-bond donors (Lipinski definition) is 0. The van der Waals surface area contributed by atoms with Gasteiger partial charge < -0.3 is 4.90 Å². The molecule has 0 radical (unpaired) electrons. The zero-order valence-corrected chi connectivity index (χ0v) is 15.1. The summed E-state index contributed by atoms with van der Waals surface area (Å²) < 4.78 is 1.84. The van der Waals surface area contributed by atoms with Crippen LogP contribution in [0.4, 0.5) is 0 Å². The Morgan fingerprint density at radius 3 is 2.92 bits per heavy atom. The van der Waals surface area contributed by atoms with Crippen LogP contribution in [-0.2, 0) is 24.7 Å². The van der Waals surface area contributed by atoms with E-state index in [2.05, 4.69) is 34.3 Å². The minimum absolute atomic E-state index is 0.258. The number of aromatic nitrogens is 3. The van der Waals surface area contributed by atoms with Crippen LogP contribution in [0.5, 0.6) is 0 Å². The van der Waals surface area contributed by atoms with Crippen LogP contribution < -0.4 is 0 Å². The van der Waals surface area contributed by atoms with Gasteiger partial charge in [0.2, 0.25) is 5.91 Å². The Labute approximate surface area is 153 Å². The quantitative estimate of drug-likeness (QED) is 0.712. The second kappa shape index (κ2) is 7.28. The van der Waals surface area contributed by atoms with Crippen LogP contribution in [0.25, 0.3) is 10.9 Å². The predicted octanol–water partition coefficient (Wildman–Crippen LogP) is 2.99. The van der Waals surface area contributed by atoms with Crippen LogP contribution in [0, 0.1) is 5.92 Å². The van der Waals surface area contributed by atoms with Crippen molar-refractivity contribution in [2.24, 2.45) is 13.0 Å². The van der Waals surface area contributed by atoms with Crippen molar-refractivity contribution in [1.29, 1.82) is 0 Å². The molecule has 1 amide bonds. The maximum atomic E-state index is 12.5. The SMILES string of the molecule is Cn1nccc1CCC(=O)N1CCC(Cc2ccnc3ccccc23)C1. The van der Waals surface area contributed by atoms with Gasteiger partial charge in [0.15, 0.2) is 0 Å². The first-order chi connectivity index (χ1) is 12.7. The second-order valence-corrected chi connectivity index (χ2v) is 7.13. The molecule has 0 spiro atoms. The zero-order chi connectivity index (χ0) is 17.9. The van der Waals surface area contributed by atoms with E-state index in [1.165, 1.54) is 10.9 Å². The summed E-state index contributed by atoms with van der Waals surface area (Å²) in [6, 6.07) is 12.4. The zero-order valence-electron chi connectivity index (χ0n) is 15.1. The minimum Gasteiger partial charge on any atom is -0.342 e. The average molecular weight is 348 g/mol. The molecular weight excluding hydrogens is 324 g/mol. The molecule has 4 rings (SSSR count). The number of pyridine rings is 1. The number of fused-ring (bicyclic) bond motifs is 1. The van der Waals surface area contributed by atoms with Crippen LogP contribution in [0.3, 0.4) is 0 Å². The maximum Gasteiger partial charge on any atom is 0.222 e. The summed E-state index contributed by atoms with van der Waals surface area (Å²) in [5.74, 6) is 0.787. The van der Waals surface area contributed by atoms with Gasteiger partial charge in [0, 0.05) is 50.0 Å². The Morgan fingerprint density at radius 2 is 2.08 bits per heavy atom. The molecule has 0 aliphatic carbocycles. The first-order valence-electron chi connectivity index (χ1n) is 9.28. The van der Waals surface area contributed by atoms with E-state index in [0.717, 1.165) is 43.6 Å². The van der Waals surface area contributed by atoms with Gasteiger partial charge in [-0.05, 0) is 48.9 Å². The van der Waals surface area contributed by atoms with Gasteiger partial charge in [-0.25, -0.2) is 0 Å². The average Bonchev–Trinajstić information content (AvgIpc) is 3.29. The molecule has 0 N–H and O–H groups in total. The third-order valence-electron chi connectivity index (χ3n) is 5.40. The molecule has 1 fully saturated rings. The summed E-state index contributed by atoms with van der Waals surface area (Å²) in [5, 5.41) is 5.39. The van der Waals surface area contributed by atoms with Crippen LogP contribution in [-0.4, -0.2) is 38.7 Å². The molecule has 1 aromatic carbocycles. The van der Waals surface area contributed by atoms with Gasteiger partial charge in [-0.2, -0.15) is 5.10 Å². The number of para-hydroxylation sites is 1. The molecule has 1 unspecified atom stereocenters. The second-order valence-electron chi connectivity index (χ2n) is 7.13. The van der Waals surface area contributed by atoms with Crippen LogP contribution in [0.2, 0.25) is 0 Å². The predicted molar refractivity (Wildman–Crippen MR) is 102 cm³/mol. The van der Waals surface area contributed by atoms with E-state index in [0.29, 0.717) is 12.3 Å². The van der Waals surface area contributed by atoms with Crippen LogP contribution in [0.15, 0.2) is 48.8 Å². The van der Waals surface area contributed by atoms with Crippen LogP contribution >= 0.6 is 0 Å². The fraction of sp³-hybridized carbons (Fsp3) is 0.381. The summed E-state index contributed by atoms with van der Waals surface area (Å²) in [4.78, 5) is 19.0. The first-order valence-corrected chi connectivity index (χ1v) is 9.28. The van der Waals surface area contributed by atoms with Gasteiger partial charge in [-0.1, -0.05) is 18.2 Å². The maximum absolute atomic E-state index is 12.5. The molecule has 0 bridgehead atoms. The lowest BCUT2D eigenvalue weighted by molar-refractivity contribution is -0.130. The molecule has 2 aromatic heterocycles. The lowest BCUT2D eigenvalue weighted by Gasteiger charge is -2.17. The third-order valence-corrected chi connectivity index (χ3v) is 5.40. The summed E-state index contributed by atoms with van der Waals surface area (Å²) in [5.41, 5.74) is 3.49. The number of hydrogen-bond acceptors (Lipinski definition) is 3. The Kier molecular flexibility index (Phi) is 4.69. The summed E-state index contributed by atoms with van der Waals surface area (Å²) in [7, 11) is 1.92. The molecule has 134 valence electrons. The molecule has 0 saturated carbocycles. The molecule has 3 aromatic rings. The largest absolute Gasteiger partial charge is 0.342 e. The highest BCUT2D eigenvalue weighted by atomic mass is 16.2. The van der Waals surface area contributed by atoms with Crippen molar-refractivity contribution in [1.82, 2.24) is 19.7 Å². The number of amides is 1. The summed E-state index contributed by atoms with van der Waals surface area (Å²) >= 11 is 0. The number of nitrogens with zero attached hydrogens (tertiary/aromatic N) is 4. The molecule has 1 aliphatic heterocycles. The molecule has 5 nitrogen and oxygen atoms in total. The Hall–Kier alpha value is -2.69. The van der Waals surface area contributed by atoms with Crippen molar-refractivity contribution in [2.45, 2.75) is 25.7 Å². The van der Waals surface area contributed by atoms with E-state index < -0.39 is 0 Å². The molecule has 26 heavy (non-hydrogen) atoms. The van der Waals surface area contributed by atoms with Crippen molar-refractivity contribution < 1.29 is 4.79 Å². The molecule has 5 heteroatoms. The fourth-order valence-corrected chi connectivity index (χ4v) is 3.91. The Bertz CT molecular complexity index is 912. The van der Waals surface area contributed by atoms with E-state index in [4.69, 9.17) is 0 Å². The van der Waals surface area contributed by atoms with Crippen molar-refractivity contribution in [3.8, 4) is 0 Å². The first kappa shape index (κ1) is 16.8. The van der Waals surface area contributed by atoms with Gasteiger partial charge in [0.1, 0.15) is 0 Å². The minimum atomic E-state index is 0.258. The monoisotopic (exact) mass is 348 g/mol. The number of rotatable bonds is 5. The van der Waals surface area contributed by atoms with Crippen LogP contribution in [0.1, 0.15) is 24.1 Å². The van der Waals surface area contributed by atoms with E-state index in [1.807, 2.05) is 35.0 Å². The Morgan fingerprint density at radius 1 is 1.19 bits per heavy atom. The molecule has 3 heterocycles. The Balaban J connectivity index is 1.36. The number of likely N-dealkylation sites (tertiary alicyclic amines) is 1. The highest BCUT2D eigenvalue weighted by Gasteiger charge is 2.26. The number of aryl methyl sites for hydroxylation is 2. The van der Waals surface area contributed by atoms with Crippen molar-refractivity contribution in [2.75, 3.05) is 13.1 Å². The molecule has 1 atom stereocenters. The van der Waals surface area contributed by atoms with E-state index in [9.17, 15) is 4.79 Å². The van der Waals surface area contributed by atoms with Gasteiger partial charge in [0.25, 0.3) is 0 Å². The molecular formula is C21H24N4O. The number of benzene rings is 1. The fourth-order valence-electron chi connectivity index (χ4n) is 3.91. The van der Waals surface area contributed by atoms with E-state index in [1.54, 1.807) is 6.20 Å². The molecule has 1 saturated heterocycles. The van der Waals surface area contributed by atoms with Gasteiger partial charge in [0.05, 0.1) is 5.52 Å². The molecule has 1 aliphatic rings. The lowest BCUT2D eigenvalue weighted by Crippen LogP contribution is -2.29. The standard InChI is InChI=1S/C21H24N4O/c1-24-18(9-12-23-24)6-7-21(26)25-13-10-16(15-25)14-17-8-11-22-20-5-3-2-4-19(17)20/h2-5,8-9,11-12,16H,6-7,10,13-15H2,1H3. The highest BCUT2D eigenvalue weighted by Crippen LogP contribution is 2.25. The third kappa shape index (κ3) is 3.47. The van der Waals surface area contributed by atoms with Crippen molar-refractivity contribution in [3.05, 3.63) is 60.0 Å². The van der Waals surface area contributed by atoms with Gasteiger partial charge >= 0.3 is 0 Å². The normalized spacial score (nSPS) is 17.1.